The van der Waals surface area contributed by atoms with Crippen LogP contribution in [0.5, 0.6) is 0 Å². The molecule has 4 nitrogen and oxygen atoms in total. The van der Waals surface area contributed by atoms with Crippen LogP contribution in [0.2, 0.25) is 0 Å². The molecule has 2 aliphatic rings. The second kappa shape index (κ2) is 9.91. The topological polar surface area (TPSA) is 49.6 Å². The van der Waals surface area contributed by atoms with Crippen molar-refractivity contribution >= 4 is 30.7 Å². The van der Waals surface area contributed by atoms with Crippen molar-refractivity contribution in [3.05, 3.63) is 0 Å². The summed E-state index contributed by atoms with van der Waals surface area (Å²) >= 11 is 0. The first-order chi connectivity index (χ1) is 9.90. The fraction of sp³-hybridized carbons (Fsp3) is 0.929. The van der Waals surface area contributed by atoms with Gasteiger partial charge in [0.05, 0.1) is 6.54 Å². The van der Waals surface area contributed by atoms with Crippen molar-refractivity contribution in [2.75, 3.05) is 39.3 Å². The Labute approximate surface area is 147 Å². The van der Waals surface area contributed by atoms with E-state index in [0.717, 1.165) is 19.3 Å². The number of alkyl halides is 3. The maximum absolute atomic E-state index is 12.5. The molecular formula is C14H26Cl2F3N3O. The monoisotopic (exact) mass is 379 g/mol. The second-order valence-corrected chi connectivity index (χ2v) is 6.10. The first kappa shape index (κ1) is 22.8. The summed E-state index contributed by atoms with van der Waals surface area (Å²) in [4.78, 5) is 15.7. The van der Waals surface area contributed by atoms with E-state index in [4.69, 9.17) is 5.73 Å². The smallest absolute Gasteiger partial charge is 0.341 e. The Hall–Kier alpha value is -0.240. The van der Waals surface area contributed by atoms with Crippen molar-refractivity contribution in [2.45, 2.75) is 31.9 Å². The lowest BCUT2D eigenvalue weighted by Crippen LogP contribution is -2.42. The molecule has 2 fully saturated rings. The summed E-state index contributed by atoms with van der Waals surface area (Å²) in [6.45, 7) is 1.28. The van der Waals surface area contributed by atoms with Gasteiger partial charge in [-0.25, -0.2) is 0 Å². The van der Waals surface area contributed by atoms with Gasteiger partial charge in [0.15, 0.2) is 0 Å². The Morgan fingerprint density at radius 3 is 2.35 bits per heavy atom. The van der Waals surface area contributed by atoms with Gasteiger partial charge < -0.3 is 10.6 Å². The summed E-state index contributed by atoms with van der Waals surface area (Å²) in [7, 11) is 0. The van der Waals surface area contributed by atoms with Gasteiger partial charge in [0.1, 0.15) is 0 Å². The number of rotatable bonds is 3. The van der Waals surface area contributed by atoms with Crippen LogP contribution in [0.3, 0.4) is 0 Å². The molecule has 2 atom stereocenters. The fourth-order valence-corrected chi connectivity index (χ4v) is 3.48. The van der Waals surface area contributed by atoms with Crippen LogP contribution in [0.1, 0.15) is 25.7 Å². The molecule has 2 N–H and O–H groups in total. The number of amides is 1. The Bertz CT molecular complexity index is 372. The number of hydrogen-bond acceptors (Lipinski definition) is 3. The van der Waals surface area contributed by atoms with Gasteiger partial charge in [-0.15, -0.1) is 24.8 Å². The van der Waals surface area contributed by atoms with Crippen LogP contribution in [-0.2, 0) is 4.79 Å². The molecule has 0 aromatic carbocycles. The molecule has 1 amide bonds. The van der Waals surface area contributed by atoms with Crippen molar-refractivity contribution in [3.8, 4) is 0 Å². The largest absolute Gasteiger partial charge is 0.401 e. The van der Waals surface area contributed by atoms with E-state index in [1.807, 2.05) is 0 Å². The number of halogens is 5. The van der Waals surface area contributed by atoms with Gasteiger partial charge in [-0.05, 0) is 31.7 Å². The van der Waals surface area contributed by atoms with Gasteiger partial charge in [0.2, 0.25) is 5.91 Å². The lowest BCUT2D eigenvalue weighted by Gasteiger charge is -2.27. The molecule has 138 valence electrons. The van der Waals surface area contributed by atoms with E-state index in [-0.39, 0.29) is 42.6 Å². The highest BCUT2D eigenvalue weighted by molar-refractivity contribution is 5.85. The summed E-state index contributed by atoms with van der Waals surface area (Å²) in [6.07, 6.45) is -0.701. The standard InChI is InChI=1S/C14H24F3N3O.2ClH/c15-14(16,17)10-19-5-2-6-20(8-7-19)13(21)12-4-1-3-11(12)9-18;;/h11-12H,1-10,18H2;2*1H/t11-,12-;;/m1../s1. The van der Waals surface area contributed by atoms with E-state index >= 15 is 0 Å². The van der Waals surface area contributed by atoms with Crippen LogP contribution in [0.4, 0.5) is 13.2 Å². The zero-order valence-electron chi connectivity index (χ0n) is 13.1. The maximum atomic E-state index is 12.5. The van der Waals surface area contributed by atoms with Gasteiger partial charge in [-0.2, -0.15) is 13.2 Å². The third kappa shape index (κ3) is 6.64. The highest BCUT2D eigenvalue weighted by Crippen LogP contribution is 2.32. The number of nitrogens with zero attached hydrogens (tertiary/aromatic N) is 2. The third-order valence-corrected chi connectivity index (χ3v) is 4.58. The first-order valence-corrected chi connectivity index (χ1v) is 7.68. The van der Waals surface area contributed by atoms with Crippen LogP contribution in [0.25, 0.3) is 0 Å². The van der Waals surface area contributed by atoms with E-state index in [2.05, 4.69) is 0 Å². The van der Waals surface area contributed by atoms with E-state index < -0.39 is 12.7 Å². The van der Waals surface area contributed by atoms with Gasteiger partial charge >= 0.3 is 6.18 Å². The van der Waals surface area contributed by atoms with Crippen LogP contribution in [-0.4, -0.2) is 61.2 Å². The molecular weight excluding hydrogens is 354 g/mol. The average molecular weight is 380 g/mol. The third-order valence-electron chi connectivity index (χ3n) is 4.58. The van der Waals surface area contributed by atoms with Crippen LogP contribution >= 0.6 is 24.8 Å². The lowest BCUT2D eigenvalue weighted by molar-refractivity contribution is -0.145. The summed E-state index contributed by atoms with van der Waals surface area (Å²) < 4.78 is 37.3. The van der Waals surface area contributed by atoms with Crippen molar-refractivity contribution < 1.29 is 18.0 Å². The molecule has 0 aromatic heterocycles. The molecule has 1 saturated heterocycles. The van der Waals surface area contributed by atoms with E-state index in [1.165, 1.54) is 4.90 Å². The second-order valence-electron chi connectivity index (χ2n) is 6.10. The summed E-state index contributed by atoms with van der Waals surface area (Å²) in [5.41, 5.74) is 5.71. The molecule has 1 aliphatic heterocycles. The predicted octanol–water partition coefficient (Wildman–Crippen LogP) is 2.30. The highest BCUT2D eigenvalue weighted by Gasteiger charge is 2.36. The predicted molar refractivity (Wildman–Crippen MR) is 88.1 cm³/mol. The minimum Gasteiger partial charge on any atom is -0.341 e. The number of hydrogen-bond donors (Lipinski definition) is 1. The quantitative estimate of drug-likeness (QED) is 0.818. The Balaban J connectivity index is 0.00000242. The SMILES string of the molecule is Cl.Cl.NC[C@H]1CCC[C@H]1C(=O)N1CCCN(CC(F)(F)F)CC1. The van der Waals surface area contributed by atoms with Crippen LogP contribution in [0.15, 0.2) is 0 Å². The molecule has 0 aromatic rings. The van der Waals surface area contributed by atoms with Gasteiger partial charge in [0.25, 0.3) is 0 Å². The van der Waals surface area contributed by atoms with Gasteiger partial charge in [-0.1, -0.05) is 6.42 Å². The molecule has 1 saturated carbocycles. The molecule has 2 rings (SSSR count). The molecule has 0 unspecified atom stereocenters. The van der Waals surface area contributed by atoms with Gasteiger partial charge in [-0.3, -0.25) is 9.69 Å². The first-order valence-electron chi connectivity index (χ1n) is 7.68. The number of nitrogens with two attached hydrogens (primary N) is 1. The normalized spacial score (nSPS) is 26.2. The van der Waals surface area contributed by atoms with Gasteiger partial charge in [0, 0.05) is 32.1 Å². The molecule has 1 heterocycles. The van der Waals surface area contributed by atoms with Crippen molar-refractivity contribution in [1.82, 2.24) is 9.80 Å². The van der Waals surface area contributed by atoms with Crippen molar-refractivity contribution in [2.24, 2.45) is 17.6 Å². The van der Waals surface area contributed by atoms with Crippen LogP contribution < -0.4 is 5.73 Å². The summed E-state index contributed by atoms with van der Waals surface area (Å²) in [5, 5.41) is 0. The Kier molecular flexibility index (Phi) is 9.81. The van der Waals surface area contributed by atoms with E-state index in [1.54, 1.807) is 4.90 Å². The number of carbonyl (C=O) groups is 1. The lowest BCUT2D eigenvalue weighted by atomic mass is 9.94. The molecule has 9 heteroatoms. The highest BCUT2D eigenvalue weighted by atomic mass is 35.5. The molecule has 0 spiro atoms. The van der Waals surface area contributed by atoms with E-state index in [0.29, 0.717) is 39.1 Å². The zero-order chi connectivity index (χ0) is 15.5. The summed E-state index contributed by atoms with van der Waals surface area (Å²) in [5.74, 6) is 0.313. The summed E-state index contributed by atoms with van der Waals surface area (Å²) in [6, 6.07) is 0. The molecule has 23 heavy (non-hydrogen) atoms. The number of carbonyl (C=O) groups excluding carboxylic acids is 1. The van der Waals surface area contributed by atoms with Crippen molar-refractivity contribution in [3.63, 3.8) is 0 Å². The van der Waals surface area contributed by atoms with Crippen LogP contribution in [0, 0.1) is 11.8 Å². The minimum atomic E-state index is -4.17. The minimum absolute atomic E-state index is 0. The van der Waals surface area contributed by atoms with Crippen molar-refractivity contribution in [1.29, 1.82) is 0 Å². The maximum Gasteiger partial charge on any atom is 0.401 e. The zero-order valence-corrected chi connectivity index (χ0v) is 14.7. The molecule has 0 bridgehead atoms. The fourth-order valence-electron chi connectivity index (χ4n) is 3.48. The molecule has 1 aliphatic carbocycles. The Morgan fingerprint density at radius 2 is 1.74 bits per heavy atom. The Morgan fingerprint density at radius 1 is 1.04 bits per heavy atom. The molecule has 0 radical (unpaired) electrons. The van der Waals surface area contributed by atoms with E-state index in [9.17, 15) is 18.0 Å². The average Bonchev–Trinajstić information content (AvgIpc) is 2.77.